The van der Waals surface area contributed by atoms with Crippen LogP contribution < -0.4 is 16.6 Å². The molecule has 0 fully saturated rings. The first-order chi connectivity index (χ1) is 9.26. The van der Waals surface area contributed by atoms with Crippen LogP contribution in [0.4, 0.5) is 10.8 Å². The Balaban J connectivity index is 1.76. The molecule has 0 aliphatic heterocycles. The van der Waals surface area contributed by atoms with Gasteiger partial charge in [-0.05, 0) is 31.4 Å². The van der Waals surface area contributed by atoms with Crippen molar-refractivity contribution in [3.05, 3.63) is 34.6 Å². The van der Waals surface area contributed by atoms with Gasteiger partial charge in [0, 0.05) is 11.1 Å². The first kappa shape index (κ1) is 12.1. The second-order valence-corrected chi connectivity index (χ2v) is 5.35. The number of aryl methyl sites for hydroxylation is 2. The Labute approximate surface area is 114 Å². The molecule has 3 rings (SSSR count). The number of fused-ring (bicyclic) bond motifs is 1. The van der Waals surface area contributed by atoms with E-state index in [9.17, 15) is 4.79 Å². The van der Waals surface area contributed by atoms with Crippen molar-refractivity contribution in [2.45, 2.75) is 19.3 Å². The number of hydrogen-bond donors (Lipinski definition) is 3. The molecular weight excluding hydrogens is 262 g/mol. The zero-order chi connectivity index (χ0) is 13.2. The van der Waals surface area contributed by atoms with Crippen molar-refractivity contribution in [2.75, 3.05) is 10.7 Å². The number of hydrazine groups is 1. The van der Waals surface area contributed by atoms with Gasteiger partial charge in [0.1, 0.15) is 5.69 Å². The number of thiazole rings is 1. The maximum absolute atomic E-state index is 12.0. The Hall–Kier alpha value is -1.99. The fourth-order valence-corrected chi connectivity index (χ4v) is 3.09. The monoisotopic (exact) mass is 275 g/mol. The first-order valence-electron chi connectivity index (χ1n) is 5.99. The summed E-state index contributed by atoms with van der Waals surface area (Å²) in [4.78, 5) is 21.7. The molecule has 4 N–H and O–H groups in total. The molecule has 0 radical (unpaired) electrons. The van der Waals surface area contributed by atoms with E-state index >= 15 is 0 Å². The van der Waals surface area contributed by atoms with Crippen LogP contribution in [0.3, 0.4) is 0 Å². The normalized spacial score (nSPS) is 13.1. The molecule has 2 aromatic rings. The van der Waals surface area contributed by atoms with Gasteiger partial charge in [-0.2, -0.15) is 0 Å². The van der Waals surface area contributed by atoms with Crippen LogP contribution in [0.2, 0.25) is 0 Å². The van der Waals surface area contributed by atoms with Crippen LogP contribution in [0.15, 0.2) is 18.3 Å². The highest BCUT2D eigenvalue weighted by Crippen LogP contribution is 2.30. The van der Waals surface area contributed by atoms with Gasteiger partial charge in [0.2, 0.25) is 0 Å². The second-order valence-electron chi connectivity index (χ2n) is 4.27. The van der Waals surface area contributed by atoms with Gasteiger partial charge in [0.15, 0.2) is 5.13 Å². The fourth-order valence-electron chi connectivity index (χ4n) is 2.05. The molecule has 1 amide bonds. The van der Waals surface area contributed by atoms with Gasteiger partial charge < -0.3 is 5.43 Å². The van der Waals surface area contributed by atoms with Gasteiger partial charge in [-0.3, -0.25) is 20.9 Å². The molecule has 0 bridgehead atoms. The number of nitrogens with one attached hydrogen (secondary N) is 2. The maximum Gasteiger partial charge on any atom is 0.276 e. The van der Waals surface area contributed by atoms with Gasteiger partial charge >= 0.3 is 0 Å². The number of carbonyl (C=O) groups excluding carboxylic acids is 1. The summed E-state index contributed by atoms with van der Waals surface area (Å²) in [6.07, 6.45) is 4.76. The molecule has 19 heavy (non-hydrogen) atoms. The van der Waals surface area contributed by atoms with E-state index in [2.05, 4.69) is 20.7 Å². The summed E-state index contributed by atoms with van der Waals surface area (Å²) < 4.78 is 0. The Morgan fingerprint density at radius 3 is 3.11 bits per heavy atom. The highest BCUT2D eigenvalue weighted by Gasteiger charge is 2.18. The maximum atomic E-state index is 12.0. The van der Waals surface area contributed by atoms with E-state index in [0.717, 1.165) is 25.0 Å². The quantitative estimate of drug-likeness (QED) is 0.584. The number of carbonyl (C=O) groups is 1. The zero-order valence-electron chi connectivity index (χ0n) is 10.1. The molecule has 1 aliphatic rings. The molecule has 6 nitrogen and oxygen atoms in total. The lowest BCUT2D eigenvalue weighted by molar-refractivity contribution is 0.102. The van der Waals surface area contributed by atoms with Gasteiger partial charge in [-0.15, -0.1) is 11.3 Å². The number of rotatable bonds is 3. The minimum absolute atomic E-state index is 0.274. The third kappa shape index (κ3) is 2.42. The average molecular weight is 275 g/mol. The number of anilines is 2. The Morgan fingerprint density at radius 2 is 2.32 bits per heavy atom. The van der Waals surface area contributed by atoms with Crippen molar-refractivity contribution in [3.8, 4) is 0 Å². The molecule has 2 heterocycles. The van der Waals surface area contributed by atoms with Crippen LogP contribution in [0.5, 0.6) is 0 Å². The number of nitrogens with zero attached hydrogens (tertiary/aromatic N) is 2. The Morgan fingerprint density at radius 1 is 1.42 bits per heavy atom. The van der Waals surface area contributed by atoms with E-state index in [1.165, 1.54) is 11.1 Å². The summed E-state index contributed by atoms with van der Waals surface area (Å²) in [5.41, 5.74) is 4.55. The highest BCUT2D eigenvalue weighted by molar-refractivity contribution is 7.15. The van der Waals surface area contributed by atoms with E-state index in [-0.39, 0.29) is 5.91 Å². The number of nitrogens with two attached hydrogens (primary N) is 1. The molecule has 98 valence electrons. The second kappa shape index (κ2) is 4.94. The minimum atomic E-state index is -0.274. The molecule has 0 saturated heterocycles. The van der Waals surface area contributed by atoms with Gasteiger partial charge in [-0.1, -0.05) is 0 Å². The summed E-state index contributed by atoms with van der Waals surface area (Å²) >= 11 is 1.54. The van der Waals surface area contributed by atoms with Crippen LogP contribution in [0, 0.1) is 0 Å². The largest absolute Gasteiger partial charge is 0.324 e. The van der Waals surface area contributed by atoms with Gasteiger partial charge in [-0.25, -0.2) is 4.98 Å². The van der Waals surface area contributed by atoms with Crippen molar-refractivity contribution in [1.82, 2.24) is 9.97 Å². The van der Waals surface area contributed by atoms with Crippen LogP contribution >= 0.6 is 11.3 Å². The minimum Gasteiger partial charge on any atom is -0.324 e. The fraction of sp³-hybridized carbons (Fsp3) is 0.250. The van der Waals surface area contributed by atoms with E-state index in [0.29, 0.717) is 16.5 Å². The molecule has 0 aromatic carbocycles. The van der Waals surface area contributed by atoms with Crippen molar-refractivity contribution in [2.24, 2.45) is 5.84 Å². The van der Waals surface area contributed by atoms with Gasteiger partial charge in [0.05, 0.1) is 11.4 Å². The molecule has 0 saturated carbocycles. The smallest absolute Gasteiger partial charge is 0.276 e. The van der Waals surface area contributed by atoms with Gasteiger partial charge in [0.25, 0.3) is 5.91 Å². The summed E-state index contributed by atoms with van der Waals surface area (Å²) in [5.74, 6) is 5.03. The molecule has 0 atom stereocenters. The Kier molecular flexibility index (Phi) is 3.14. The van der Waals surface area contributed by atoms with Crippen LogP contribution in [0.1, 0.15) is 27.5 Å². The van der Waals surface area contributed by atoms with Crippen molar-refractivity contribution in [3.63, 3.8) is 0 Å². The number of amides is 1. The lowest BCUT2D eigenvalue weighted by Crippen LogP contribution is -2.15. The SMILES string of the molecule is NNc1ccnc(C(=O)Nc2nc3c(s2)CCC3)c1. The molecule has 0 spiro atoms. The summed E-state index contributed by atoms with van der Waals surface area (Å²) in [5, 5.41) is 3.42. The van der Waals surface area contributed by atoms with Crippen molar-refractivity contribution >= 4 is 28.1 Å². The number of hydrogen-bond acceptors (Lipinski definition) is 6. The topological polar surface area (TPSA) is 92.9 Å². The lowest BCUT2D eigenvalue weighted by Gasteiger charge is -2.03. The van der Waals surface area contributed by atoms with E-state index in [1.807, 2.05) is 0 Å². The van der Waals surface area contributed by atoms with E-state index in [4.69, 9.17) is 5.84 Å². The highest BCUT2D eigenvalue weighted by atomic mass is 32.1. The number of aromatic nitrogens is 2. The molecule has 0 unspecified atom stereocenters. The van der Waals surface area contributed by atoms with Crippen LogP contribution in [-0.4, -0.2) is 15.9 Å². The molecule has 7 heteroatoms. The summed E-state index contributed by atoms with van der Waals surface area (Å²) in [6, 6.07) is 3.28. The van der Waals surface area contributed by atoms with E-state index < -0.39 is 0 Å². The predicted octanol–water partition coefficient (Wildman–Crippen LogP) is 1.56. The molecule has 1 aliphatic carbocycles. The predicted molar refractivity (Wildman–Crippen MR) is 74.1 cm³/mol. The molecular formula is C12H13N5OS. The van der Waals surface area contributed by atoms with E-state index in [1.54, 1.807) is 23.5 Å². The number of pyridine rings is 1. The summed E-state index contributed by atoms with van der Waals surface area (Å²) in [7, 11) is 0. The number of nitrogen functional groups attached to an aromatic ring is 1. The lowest BCUT2D eigenvalue weighted by atomic mass is 10.3. The van der Waals surface area contributed by atoms with Crippen molar-refractivity contribution < 1.29 is 4.79 Å². The van der Waals surface area contributed by atoms with Crippen LogP contribution in [0.25, 0.3) is 0 Å². The third-order valence-electron chi connectivity index (χ3n) is 2.98. The Bertz CT molecular complexity index is 603. The van der Waals surface area contributed by atoms with Crippen molar-refractivity contribution in [1.29, 1.82) is 0 Å². The van der Waals surface area contributed by atoms with Crippen LogP contribution in [-0.2, 0) is 12.8 Å². The summed E-state index contributed by atoms with van der Waals surface area (Å²) in [6.45, 7) is 0. The standard InChI is InChI=1S/C12H13N5OS/c13-17-7-4-5-14-9(6-7)11(18)16-12-15-8-2-1-3-10(8)19-12/h4-6H,1-3,13H2,(H,14,17)(H,15,16,18). The molecule has 2 aromatic heterocycles. The first-order valence-corrected chi connectivity index (χ1v) is 6.80. The average Bonchev–Trinajstić information content (AvgIpc) is 2.99. The zero-order valence-corrected chi connectivity index (χ0v) is 11.0. The third-order valence-corrected chi connectivity index (χ3v) is 4.05.